The van der Waals surface area contributed by atoms with Gasteiger partial charge in [-0.15, -0.1) is 0 Å². The molecule has 8 heavy (non-hydrogen) atoms. The van der Waals surface area contributed by atoms with E-state index in [1.165, 1.54) is 0 Å². The first-order valence-electron chi connectivity index (χ1n) is 2.41. The van der Waals surface area contributed by atoms with Crippen molar-refractivity contribution in [1.82, 2.24) is 5.48 Å². The molecule has 1 atom stereocenters. The zero-order valence-corrected chi connectivity index (χ0v) is 5.69. The molecule has 0 fully saturated rings. The first-order valence-corrected chi connectivity index (χ1v) is 3.69. The van der Waals surface area contributed by atoms with Crippen LogP contribution in [0.25, 0.3) is 0 Å². The van der Waals surface area contributed by atoms with Gasteiger partial charge in [0.25, 0.3) is 8.53 Å². The van der Waals surface area contributed by atoms with Gasteiger partial charge in [0.05, 0.1) is 0 Å². The first-order chi connectivity index (χ1) is 3.77. The Morgan fingerprint density at radius 1 is 1.88 bits per heavy atom. The lowest BCUT2D eigenvalue weighted by molar-refractivity contribution is 0.196. The third kappa shape index (κ3) is 6.27. The summed E-state index contributed by atoms with van der Waals surface area (Å²) in [5, 5.41) is 0. The zero-order chi connectivity index (χ0) is 6.41. The van der Waals surface area contributed by atoms with E-state index >= 15 is 0 Å². The molecule has 0 aliphatic carbocycles. The summed E-state index contributed by atoms with van der Waals surface area (Å²) < 4.78 is 4.43. The highest BCUT2D eigenvalue weighted by molar-refractivity contribution is 7.43. The highest BCUT2D eigenvalue weighted by Gasteiger charge is 1.91. The van der Waals surface area contributed by atoms with Crippen LogP contribution < -0.4 is 11.0 Å². The summed E-state index contributed by atoms with van der Waals surface area (Å²) in [4.78, 5) is 8.34. The third-order valence-corrected chi connectivity index (χ3v) is 0.826. The Morgan fingerprint density at radius 3 is 2.88 bits per heavy atom. The van der Waals surface area contributed by atoms with Gasteiger partial charge in [0, 0.05) is 6.54 Å². The Hall–Kier alpha value is 0.270. The number of hydrogen-bond donors (Lipinski definition) is 3. The van der Waals surface area contributed by atoms with E-state index < -0.39 is 8.53 Å². The van der Waals surface area contributed by atoms with E-state index in [1.807, 2.05) is 6.92 Å². The minimum atomic E-state index is -1.72. The van der Waals surface area contributed by atoms with Crippen LogP contribution in [-0.2, 0) is 4.62 Å². The van der Waals surface area contributed by atoms with E-state index in [1.54, 1.807) is 0 Å². The molecule has 0 heterocycles. The molecule has 0 saturated carbocycles. The van der Waals surface area contributed by atoms with E-state index in [4.69, 9.17) is 10.4 Å². The maximum Gasteiger partial charge on any atom is 0.268 e. The molecule has 0 aliphatic rings. The number of hydrogen-bond acceptors (Lipinski definition) is 4. The van der Waals surface area contributed by atoms with Crippen LogP contribution in [-0.4, -0.2) is 11.4 Å². The summed E-state index contributed by atoms with van der Waals surface area (Å²) in [5.74, 6) is 0. The molecule has 0 aromatic heterocycles. The maximum absolute atomic E-state index is 8.34. The SMILES string of the molecule is CCCNOP(N)O. The van der Waals surface area contributed by atoms with Gasteiger partial charge in [0.1, 0.15) is 0 Å². The molecule has 1 unspecified atom stereocenters. The van der Waals surface area contributed by atoms with Crippen LogP contribution >= 0.6 is 8.53 Å². The van der Waals surface area contributed by atoms with Crippen molar-refractivity contribution in [1.29, 1.82) is 0 Å². The fourth-order valence-corrected chi connectivity index (χ4v) is 0.437. The van der Waals surface area contributed by atoms with Gasteiger partial charge in [-0.1, -0.05) is 6.92 Å². The highest BCUT2D eigenvalue weighted by Crippen LogP contribution is 2.15. The molecule has 0 aliphatic heterocycles. The van der Waals surface area contributed by atoms with Crippen LogP contribution in [0.2, 0.25) is 0 Å². The van der Waals surface area contributed by atoms with Gasteiger partial charge in [0.2, 0.25) is 0 Å². The van der Waals surface area contributed by atoms with Gasteiger partial charge in [-0.3, -0.25) is 5.50 Å². The predicted molar refractivity (Wildman–Crippen MR) is 32.7 cm³/mol. The monoisotopic (exact) mass is 138 g/mol. The predicted octanol–water partition coefficient (Wildman–Crippen LogP) is 0.0955. The van der Waals surface area contributed by atoms with Crippen molar-refractivity contribution in [3.05, 3.63) is 0 Å². The Kier molecular flexibility index (Phi) is 5.59. The summed E-state index contributed by atoms with van der Waals surface area (Å²) in [6.07, 6.45) is 0.961. The third-order valence-electron chi connectivity index (χ3n) is 0.510. The lowest BCUT2D eigenvalue weighted by Crippen LogP contribution is -2.13. The minimum Gasteiger partial charge on any atom is -0.337 e. The molecule has 0 bridgehead atoms. The Morgan fingerprint density at radius 2 is 2.50 bits per heavy atom. The molecule has 0 radical (unpaired) electrons. The van der Waals surface area contributed by atoms with Crippen LogP contribution in [0.4, 0.5) is 0 Å². The molecule has 0 saturated heterocycles. The molecule has 50 valence electrons. The van der Waals surface area contributed by atoms with E-state index in [-0.39, 0.29) is 0 Å². The zero-order valence-electron chi connectivity index (χ0n) is 4.79. The highest BCUT2D eigenvalue weighted by atomic mass is 31.2. The fraction of sp³-hybridized carbons (Fsp3) is 1.00. The minimum absolute atomic E-state index is 0.719. The van der Waals surface area contributed by atoms with Gasteiger partial charge in [-0.2, -0.15) is 5.48 Å². The Labute approximate surface area is 49.9 Å². The number of nitrogens with two attached hydrogens (primary N) is 1. The molecule has 0 amide bonds. The second-order valence-corrected chi connectivity index (χ2v) is 2.08. The standard InChI is InChI=1S/C3H11N2O2P/c1-2-3-5-7-8(4)6/h5-6H,2-4H2,1H3. The topological polar surface area (TPSA) is 67.5 Å². The average Bonchev–Trinajstić information content (AvgIpc) is 1.66. The average molecular weight is 138 g/mol. The smallest absolute Gasteiger partial charge is 0.268 e. The summed E-state index contributed by atoms with van der Waals surface area (Å²) in [7, 11) is -1.72. The van der Waals surface area contributed by atoms with E-state index in [2.05, 4.69) is 10.1 Å². The summed E-state index contributed by atoms with van der Waals surface area (Å²) in [6.45, 7) is 2.71. The quantitative estimate of drug-likeness (QED) is 0.292. The van der Waals surface area contributed by atoms with Crippen molar-refractivity contribution >= 4 is 8.53 Å². The van der Waals surface area contributed by atoms with Crippen LogP contribution in [0.5, 0.6) is 0 Å². The van der Waals surface area contributed by atoms with E-state index in [0.717, 1.165) is 13.0 Å². The van der Waals surface area contributed by atoms with Crippen LogP contribution in [0.1, 0.15) is 13.3 Å². The molecule has 4 N–H and O–H groups in total. The van der Waals surface area contributed by atoms with Gasteiger partial charge >= 0.3 is 0 Å². The number of rotatable bonds is 4. The Balaban J connectivity index is 2.72. The Bertz CT molecular complexity index is 52.5. The molecular formula is C3H11N2O2P. The molecule has 5 heteroatoms. The van der Waals surface area contributed by atoms with E-state index in [9.17, 15) is 0 Å². The van der Waals surface area contributed by atoms with Crippen molar-refractivity contribution < 1.29 is 9.52 Å². The second kappa shape index (κ2) is 5.41. The number of nitrogens with one attached hydrogen (secondary N) is 1. The lowest BCUT2D eigenvalue weighted by Gasteiger charge is -2.02. The summed E-state index contributed by atoms with van der Waals surface area (Å²) >= 11 is 0. The molecule has 0 rings (SSSR count). The summed E-state index contributed by atoms with van der Waals surface area (Å²) in [6, 6.07) is 0. The van der Waals surface area contributed by atoms with E-state index in [0.29, 0.717) is 0 Å². The van der Waals surface area contributed by atoms with Crippen molar-refractivity contribution in [2.24, 2.45) is 5.50 Å². The second-order valence-electron chi connectivity index (χ2n) is 1.29. The summed E-state index contributed by atoms with van der Waals surface area (Å²) in [5.41, 5.74) is 7.36. The van der Waals surface area contributed by atoms with Crippen LogP contribution in [0.3, 0.4) is 0 Å². The van der Waals surface area contributed by atoms with Gasteiger partial charge in [-0.25, -0.2) is 4.62 Å². The van der Waals surface area contributed by atoms with Crippen LogP contribution in [0.15, 0.2) is 0 Å². The maximum atomic E-state index is 8.34. The van der Waals surface area contributed by atoms with Gasteiger partial charge in [0.15, 0.2) is 0 Å². The largest absolute Gasteiger partial charge is 0.337 e. The molecule has 0 aromatic rings. The molecule has 0 spiro atoms. The molecule has 0 aromatic carbocycles. The first kappa shape index (κ1) is 8.27. The van der Waals surface area contributed by atoms with Crippen molar-refractivity contribution in [3.63, 3.8) is 0 Å². The lowest BCUT2D eigenvalue weighted by atomic mass is 10.5. The van der Waals surface area contributed by atoms with Gasteiger partial charge < -0.3 is 4.89 Å². The fourth-order valence-electron chi connectivity index (χ4n) is 0.214. The molecular weight excluding hydrogens is 127 g/mol. The number of hydroxylamine groups is 1. The normalized spacial score (nSPS) is 13.9. The molecule has 4 nitrogen and oxygen atoms in total. The van der Waals surface area contributed by atoms with Crippen molar-refractivity contribution in [2.75, 3.05) is 6.54 Å². The van der Waals surface area contributed by atoms with Gasteiger partial charge in [-0.05, 0) is 6.42 Å². The van der Waals surface area contributed by atoms with Crippen molar-refractivity contribution in [2.45, 2.75) is 13.3 Å². The van der Waals surface area contributed by atoms with Crippen molar-refractivity contribution in [3.8, 4) is 0 Å². The van der Waals surface area contributed by atoms with Crippen LogP contribution in [0, 0.1) is 0 Å².